The van der Waals surface area contributed by atoms with Crippen molar-refractivity contribution in [2.75, 3.05) is 18.8 Å². The minimum Gasteiger partial charge on any atom is -0.399 e. The van der Waals surface area contributed by atoms with E-state index in [1.165, 1.54) is 4.90 Å². The summed E-state index contributed by atoms with van der Waals surface area (Å²) < 4.78 is 0. The number of anilines is 1. The topological polar surface area (TPSA) is 89.4 Å². The Balaban J connectivity index is 2.63. The van der Waals surface area contributed by atoms with E-state index in [1.807, 2.05) is 6.92 Å². The highest BCUT2D eigenvalue weighted by Crippen LogP contribution is 2.07. The maximum Gasteiger partial charge on any atom is 0.237 e. The van der Waals surface area contributed by atoms with Gasteiger partial charge in [0.2, 0.25) is 11.8 Å². The van der Waals surface area contributed by atoms with Crippen LogP contribution in [0, 0.1) is 0 Å². The fourth-order valence-electron chi connectivity index (χ4n) is 1.49. The van der Waals surface area contributed by atoms with Crippen molar-refractivity contribution in [3.63, 3.8) is 0 Å². The fraction of sp³-hybridized carbons (Fsp3) is 0.333. The van der Waals surface area contributed by atoms with Gasteiger partial charge in [0.25, 0.3) is 0 Å². The molecule has 1 rings (SSSR count). The minimum absolute atomic E-state index is 0.0374. The second kappa shape index (κ2) is 5.89. The quantitative estimate of drug-likeness (QED) is 0.712. The Bertz CT molecular complexity index is 401. The van der Waals surface area contributed by atoms with Crippen molar-refractivity contribution in [1.82, 2.24) is 4.90 Å². The maximum atomic E-state index is 11.9. The van der Waals surface area contributed by atoms with Gasteiger partial charge in [-0.25, -0.2) is 0 Å². The molecule has 0 heterocycles. The van der Waals surface area contributed by atoms with Crippen LogP contribution in [0.25, 0.3) is 0 Å². The van der Waals surface area contributed by atoms with Gasteiger partial charge in [-0.2, -0.15) is 0 Å². The van der Waals surface area contributed by atoms with Crippen molar-refractivity contribution in [2.24, 2.45) is 5.73 Å². The first-order valence-corrected chi connectivity index (χ1v) is 5.43. The van der Waals surface area contributed by atoms with Crippen LogP contribution in [0.15, 0.2) is 24.3 Å². The van der Waals surface area contributed by atoms with Gasteiger partial charge in [-0.15, -0.1) is 0 Å². The molecule has 0 saturated heterocycles. The number of nitrogens with zero attached hydrogens (tertiary/aromatic N) is 1. The zero-order valence-electron chi connectivity index (χ0n) is 9.85. The predicted octanol–water partition coefficient (Wildman–Crippen LogP) is 0.145. The molecule has 0 aliphatic rings. The lowest BCUT2D eigenvalue weighted by molar-refractivity contribution is -0.134. The zero-order valence-corrected chi connectivity index (χ0v) is 9.85. The van der Waals surface area contributed by atoms with Gasteiger partial charge >= 0.3 is 0 Å². The average Bonchev–Trinajstić information content (AvgIpc) is 2.28. The molecule has 0 aliphatic heterocycles. The molecule has 92 valence electrons. The summed E-state index contributed by atoms with van der Waals surface area (Å²) in [5.41, 5.74) is 12.1. The van der Waals surface area contributed by atoms with Crippen LogP contribution in [0.5, 0.6) is 0 Å². The molecular formula is C12H17N3O2. The molecule has 0 unspecified atom stereocenters. The van der Waals surface area contributed by atoms with Crippen LogP contribution in [-0.2, 0) is 16.0 Å². The van der Waals surface area contributed by atoms with E-state index >= 15 is 0 Å². The molecule has 0 fully saturated rings. The molecule has 4 N–H and O–H groups in total. The van der Waals surface area contributed by atoms with Crippen LogP contribution in [-0.4, -0.2) is 29.8 Å². The Morgan fingerprint density at radius 3 is 2.29 bits per heavy atom. The van der Waals surface area contributed by atoms with E-state index in [0.29, 0.717) is 12.2 Å². The van der Waals surface area contributed by atoms with E-state index in [-0.39, 0.29) is 18.9 Å². The highest BCUT2D eigenvalue weighted by atomic mass is 16.2. The third kappa shape index (κ3) is 4.14. The number of carbonyl (C=O) groups excluding carboxylic acids is 2. The number of carbonyl (C=O) groups is 2. The van der Waals surface area contributed by atoms with Gasteiger partial charge in [0.05, 0.1) is 13.0 Å². The van der Waals surface area contributed by atoms with Gasteiger partial charge in [-0.05, 0) is 24.6 Å². The second-order valence-electron chi connectivity index (χ2n) is 3.79. The number of nitrogen functional groups attached to an aromatic ring is 1. The third-order valence-corrected chi connectivity index (χ3v) is 2.42. The van der Waals surface area contributed by atoms with Crippen molar-refractivity contribution in [1.29, 1.82) is 0 Å². The number of hydrogen-bond donors (Lipinski definition) is 2. The van der Waals surface area contributed by atoms with Crippen molar-refractivity contribution in [3.8, 4) is 0 Å². The summed E-state index contributed by atoms with van der Waals surface area (Å²) in [6.45, 7) is 2.24. The van der Waals surface area contributed by atoms with Gasteiger partial charge in [-0.1, -0.05) is 12.1 Å². The second-order valence-corrected chi connectivity index (χ2v) is 3.79. The lowest BCUT2D eigenvalue weighted by Gasteiger charge is -2.18. The highest BCUT2D eigenvalue weighted by Gasteiger charge is 2.14. The average molecular weight is 235 g/mol. The number of rotatable bonds is 5. The van der Waals surface area contributed by atoms with E-state index in [2.05, 4.69) is 0 Å². The smallest absolute Gasteiger partial charge is 0.237 e. The molecule has 0 spiro atoms. The van der Waals surface area contributed by atoms with E-state index in [9.17, 15) is 9.59 Å². The van der Waals surface area contributed by atoms with Crippen LogP contribution >= 0.6 is 0 Å². The first kappa shape index (κ1) is 13.0. The SMILES string of the molecule is CCN(CC(N)=O)C(=O)Cc1ccc(N)cc1. The summed E-state index contributed by atoms with van der Waals surface area (Å²) in [7, 11) is 0. The Kier molecular flexibility index (Phi) is 4.51. The molecule has 1 aromatic carbocycles. The minimum atomic E-state index is -0.502. The van der Waals surface area contributed by atoms with Crippen LogP contribution in [0.4, 0.5) is 5.69 Å². The summed E-state index contributed by atoms with van der Waals surface area (Å²) in [6, 6.07) is 7.08. The molecule has 0 atom stereocenters. The van der Waals surface area contributed by atoms with E-state index in [1.54, 1.807) is 24.3 Å². The summed E-state index contributed by atoms with van der Waals surface area (Å²) in [5, 5.41) is 0. The van der Waals surface area contributed by atoms with E-state index < -0.39 is 5.91 Å². The van der Waals surface area contributed by atoms with Crippen LogP contribution in [0.2, 0.25) is 0 Å². The number of hydrogen-bond acceptors (Lipinski definition) is 3. The normalized spacial score (nSPS) is 9.94. The Hall–Kier alpha value is -2.04. The van der Waals surface area contributed by atoms with Gasteiger partial charge in [0, 0.05) is 12.2 Å². The lowest BCUT2D eigenvalue weighted by Crippen LogP contribution is -2.39. The molecule has 0 aliphatic carbocycles. The molecule has 5 heteroatoms. The third-order valence-electron chi connectivity index (χ3n) is 2.42. The molecule has 0 bridgehead atoms. The largest absolute Gasteiger partial charge is 0.399 e. The predicted molar refractivity (Wildman–Crippen MR) is 66.0 cm³/mol. The van der Waals surface area contributed by atoms with E-state index in [0.717, 1.165) is 5.56 Å². The van der Waals surface area contributed by atoms with Crippen molar-refractivity contribution in [3.05, 3.63) is 29.8 Å². The van der Waals surface area contributed by atoms with Crippen molar-refractivity contribution in [2.45, 2.75) is 13.3 Å². The summed E-state index contributed by atoms with van der Waals surface area (Å²) in [6.07, 6.45) is 0.251. The van der Waals surface area contributed by atoms with Gasteiger partial charge in [-0.3, -0.25) is 9.59 Å². The van der Waals surface area contributed by atoms with Crippen LogP contribution in [0.3, 0.4) is 0 Å². The standard InChI is InChI=1S/C12H17N3O2/c1-2-15(8-11(14)16)12(17)7-9-3-5-10(13)6-4-9/h3-6H,2,7-8,13H2,1H3,(H2,14,16). The Morgan fingerprint density at radius 1 is 1.24 bits per heavy atom. The molecule has 1 aromatic rings. The van der Waals surface area contributed by atoms with E-state index in [4.69, 9.17) is 11.5 Å². The summed E-state index contributed by atoms with van der Waals surface area (Å²) >= 11 is 0. The summed E-state index contributed by atoms with van der Waals surface area (Å²) in [4.78, 5) is 24.1. The molecule has 17 heavy (non-hydrogen) atoms. The molecule has 0 saturated carbocycles. The van der Waals surface area contributed by atoms with Crippen LogP contribution < -0.4 is 11.5 Å². The summed E-state index contributed by atoms with van der Waals surface area (Å²) in [5.74, 6) is -0.617. The fourth-order valence-corrected chi connectivity index (χ4v) is 1.49. The van der Waals surface area contributed by atoms with Gasteiger partial charge in [0.1, 0.15) is 0 Å². The molecule has 0 aromatic heterocycles. The Morgan fingerprint density at radius 2 is 1.82 bits per heavy atom. The first-order valence-electron chi connectivity index (χ1n) is 5.43. The number of likely N-dealkylation sites (N-methyl/N-ethyl adjacent to an activating group) is 1. The number of amides is 2. The van der Waals surface area contributed by atoms with Crippen molar-refractivity contribution >= 4 is 17.5 Å². The molecule has 5 nitrogen and oxygen atoms in total. The molecular weight excluding hydrogens is 218 g/mol. The van der Waals surface area contributed by atoms with Crippen molar-refractivity contribution < 1.29 is 9.59 Å². The number of primary amides is 1. The molecule has 2 amide bonds. The van der Waals surface area contributed by atoms with Gasteiger partial charge < -0.3 is 16.4 Å². The number of benzene rings is 1. The monoisotopic (exact) mass is 235 g/mol. The Labute approximate surface area is 100 Å². The highest BCUT2D eigenvalue weighted by molar-refractivity contribution is 5.85. The van der Waals surface area contributed by atoms with Crippen LogP contribution in [0.1, 0.15) is 12.5 Å². The molecule has 0 radical (unpaired) electrons. The van der Waals surface area contributed by atoms with Gasteiger partial charge in [0.15, 0.2) is 0 Å². The lowest BCUT2D eigenvalue weighted by atomic mass is 10.1. The maximum absolute atomic E-state index is 11.9. The number of nitrogens with two attached hydrogens (primary N) is 2. The zero-order chi connectivity index (χ0) is 12.8. The first-order chi connectivity index (χ1) is 8.02.